The summed E-state index contributed by atoms with van der Waals surface area (Å²) in [5.74, 6) is -0.785. The van der Waals surface area contributed by atoms with Crippen molar-refractivity contribution in [1.82, 2.24) is 15.5 Å². The summed E-state index contributed by atoms with van der Waals surface area (Å²) in [6, 6.07) is 1.83. The van der Waals surface area contributed by atoms with Crippen LogP contribution in [-0.2, 0) is 4.79 Å². The minimum absolute atomic E-state index is 0.311. The SMILES string of the molecule is C[C@@H](NC(=O)N1CCC[C@@H]1C(=O)NCC(F)(F)F)c1ccc(Cl)s1. The monoisotopic (exact) mass is 383 g/mol. The predicted octanol–water partition coefficient (Wildman–Crippen LogP) is 3.32. The fourth-order valence-corrected chi connectivity index (χ4v) is 3.55. The molecule has 1 aromatic rings. The molecular weight excluding hydrogens is 367 g/mol. The molecule has 5 nitrogen and oxygen atoms in total. The van der Waals surface area contributed by atoms with Crippen molar-refractivity contribution in [3.05, 3.63) is 21.3 Å². The molecule has 0 aliphatic carbocycles. The van der Waals surface area contributed by atoms with Gasteiger partial charge in [-0.1, -0.05) is 11.6 Å². The van der Waals surface area contributed by atoms with Crippen molar-refractivity contribution in [2.75, 3.05) is 13.1 Å². The molecule has 1 fully saturated rings. The van der Waals surface area contributed by atoms with Gasteiger partial charge >= 0.3 is 12.2 Å². The highest BCUT2D eigenvalue weighted by atomic mass is 35.5. The summed E-state index contributed by atoms with van der Waals surface area (Å²) in [5, 5.41) is 4.58. The van der Waals surface area contributed by atoms with E-state index in [2.05, 4.69) is 5.32 Å². The number of carbonyl (C=O) groups is 2. The van der Waals surface area contributed by atoms with Gasteiger partial charge in [0.25, 0.3) is 0 Å². The van der Waals surface area contributed by atoms with Crippen molar-refractivity contribution in [1.29, 1.82) is 0 Å². The van der Waals surface area contributed by atoms with E-state index in [9.17, 15) is 22.8 Å². The number of nitrogens with one attached hydrogen (secondary N) is 2. The zero-order valence-corrected chi connectivity index (χ0v) is 14.4. The van der Waals surface area contributed by atoms with Crippen LogP contribution in [-0.4, -0.2) is 42.1 Å². The Bertz CT molecular complexity index is 608. The predicted molar refractivity (Wildman–Crippen MR) is 85.1 cm³/mol. The Morgan fingerprint density at radius 3 is 2.75 bits per heavy atom. The van der Waals surface area contributed by atoms with Gasteiger partial charge in [0, 0.05) is 11.4 Å². The molecule has 1 saturated heterocycles. The molecule has 1 aliphatic heterocycles. The molecule has 0 aromatic carbocycles. The standard InChI is InChI=1S/C14H17ClF3N3O2S/c1-8(10-4-5-11(15)24-10)20-13(23)21-6-2-3-9(21)12(22)19-7-14(16,17)18/h4-5,8-9H,2-3,6-7H2,1H3,(H,19,22)(H,20,23)/t8-,9-/m1/s1. The summed E-state index contributed by atoms with van der Waals surface area (Å²) in [4.78, 5) is 26.4. The Morgan fingerprint density at radius 1 is 1.46 bits per heavy atom. The van der Waals surface area contributed by atoms with Gasteiger partial charge in [0.2, 0.25) is 5.91 Å². The number of halogens is 4. The van der Waals surface area contributed by atoms with Gasteiger partial charge in [-0.15, -0.1) is 11.3 Å². The zero-order valence-electron chi connectivity index (χ0n) is 12.8. The first kappa shape index (κ1) is 18.9. The van der Waals surface area contributed by atoms with E-state index in [0.717, 1.165) is 4.88 Å². The number of urea groups is 1. The van der Waals surface area contributed by atoms with Gasteiger partial charge in [0.15, 0.2) is 0 Å². The molecule has 1 aliphatic rings. The topological polar surface area (TPSA) is 61.4 Å². The van der Waals surface area contributed by atoms with E-state index in [0.29, 0.717) is 23.7 Å². The second-order valence-electron chi connectivity index (χ2n) is 5.50. The molecule has 0 spiro atoms. The van der Waals surface area contributed by atoms with E-state index in [-0.39, 0.29) is 6.04 Å². The second-order valence-corrected chi connectivity index (χ2v) is 7.24. The Labute approximate surface area is 146 Å². The largest absolute Gasteiger partial charge is 0.405 e. The first-order chi connectivity index (χ1) is 11.2. The number of carbonyl (C=O) groups excluding carboxylic acids is 2. The van der Waals surface area contributed by atoms with Crippen LogP contribution < -0.4 is 10.6 Å². The van der Waals surface area contributed by atoms with Crippen LogP contribution in [0.1, 0.15) is 30.7 Å². The molecule has 0 bridgehead atoms. The third kappa shape index (κ3) is 5.01. The van der Waals surface area contributed by atoms with Crippen molar-refractivity contribution in [2.24, 2.45) is 0 Å². The van der Waals surface area contributed by atoms with Crippen molar-refractivity contribution >= 4 is 34.9 Å². The summed E-state index contributed by atoms with van der Waals surface area (Å²) in [6.07, 6.45) is -3.57. The average Bonchev–Trinajstić information content (AvgIpc) is 3.12. The van der Waals surface area contributed by atoms with Crippen LogP contribution in [0.25, 0.3) is 0 Å². The van der Waals surface area contributed by atoms with Gasteiger partial charge < -0.3 is 15.5 Å². The first-order valence-corrected chi connectivity index (χ1v) is 8.53. The molecule has 3 amide bonds. The van der Waals surface area contributed by atoms with Crippen molar-refractivity contribution in [3.63, 3.8) is 0 Å². The highest BCUT2D eigenvalue weighted by Crippen LogP contribution is 2.27. The van der Waals surface area contributed by atoms with E-state index in [1.54, 1.807) is 19.1 Å². The summed E-state index contributed by atoms with van der Waals surface area (Å²) >= 11 is 7.18. The summed E-state index contributed by atoms with van der Waals surface area (Å²) in [7, 11) is 0. The Morgan fingerprint density at radius 2 is 2.17 bits per heavy atom. The van der Waals surface area contributed by atoms with E-state index < -0.39 is 30.7 Å². The lowest BCUT2D eigenvalue weighted by molar-refractivity contribution is -0.140. The number of rotatable bonds is 4. The second kappa shape index (κ2) is 7.60. The number of thiophene rings is 1. The first-order valence-electron chi connectivity index (χ1n) is 7.34. The highest BCUT2D eigenvalue weighted by molar-refractivity contribution is 7.16. The maximum Gasteiger partial charge on any atom is 0.405 e. The molecule has 134 valence electrons. The molecule has 10 heteroatoms. The average molecular weight is 384 g/mol. The van der Waals surface area contributed by atoms with E-state index in [1.807, 2.05) is 5.32 Å². The Balaban J connectivity index is 1.94. The Kier molecular flexibility index (Phi) is 5.97. The number of hydrogen-bond acceptors (Lipinski definition) is 3. The quantitative estimate of drug-likeness (QED) is 0.837. The fraction of sp³-hybridized carbons (Fsp3) is 0.571. The number of hydrogen-bond donors (Lipinski definition) is 2. The van der Waals surface area contributed by atoms with Crippen LogP contribution in [0.4, 0.5) is 18.0 Å². The van der Waals surface area contributed by atoms with Crippen LogP contribution in [0.2, 0.25) is 4.34 Å². The highest BCUT2D eigenvalue weighted by Gasteiger charge is 2.36. The summed E-state index contributed by atoms with van der Waals surface area (Å²) < 4.78 is 37.2. The molecule has 24 heavy (non-hydrogen) atoms. The third-order valence-corrected chi connectivity index (χ3v) is 5.05. The lowest BCUT2D eigenvalue weighted by Gasteiger charge is -2.26. The van der Waals surface area contributed by atoms with E-state index in [1.165, 1.54) is 16.2 Å². The molecule has 2 rings (SSSR count). The molecule has 2 N–H and O–H groups in total. The molecule has 2 heterocycles. The summed E-state index contributed by atoms with van der Waals surface area (Å²) in [5.41, 5.74) is 0. The lowest BCUT2D eigenvalue weighted by atomic mass is 10.2. The Hall–Kier alpha value is -1.48. The van der Waals surface area contributed by atoms with E-state index in [4.69, 9.17) is 11.6 Å². The van der Waals surface area contributed by atoms with Crippen LogP contribution in [0.5, 0.6) is 0 Å². The molecule has 2 atom stereocenters. The van der Waals surface area contributed by atoms with Gasteiger partial charge in [-0.3, -0.25) is 4.79 Å². The maximum absolute atomic E-state index is 12.3. The number of likely N-dealkylation sites (tertiary alicyclic amines) is 1. The lowest BCUT2D eigenvalue weighted by Crippen LogP contribution is -2.51. The van der Waals surface area contributed by atoms with Gasteiger partial charge in [-0.05, 0) is 31.9 Å². The van der Waals surface area contributed by atoms with Gasteiger partial charge in [-0.2, -0.15) is 13.2 Å². The number of alkyl halides is 3. The van der Waals surface area contributed by atoms with Crippen LogP contribution >= 0.6 is 22.9 Å². The summed E-state index contributed by atoms with van der Waals surface area (Å²) in [6.45, 7) is 0.699. The minimum Gasteiger partial charge on any atom is -0.345 e. The fourth-order valence-electron chi connectivity index (χ4n) is 2.49. The maximum atomic E-state index is 12.3. The van der Waals surface area contributed by atoms with Crippen molar-refractivity contribution < 1.29 is 22.8 Å². The van der Waals surface area contributed by atoms with E-state index >= 15 is 0 Å². The van der Waals surface area contributed by atoms with Crippen LogP contribution in [0.15, 0.2) is 12.1 Å². The number of nitrogens with zero attached hydrogens (tertiary/aromatic N) is 1. The van der Waals surface area contributed by atoms with Crippen LogP contribution in [0.3, 0.4) is 0 Å². The van der Waals surface area contributed by atoms with Crippen molar-refractivity contribution in [2.45, 2.75) is 38.0 Å². The van der Waals surface area contributed by atoms with Gasteiger partial charge in [0.05, 0.1) is 10.4 Å². The minimum atomic E-state index is -4.48. The zero-order chi connectivity index (χ0) is 17.9. The number of amides is 3. The van der Waals surface area contributed by atoms with Crippen LogP contribution in [0, 0.1) is 0 Å². The normalized spacial score (nSPS) is 19.2. The molecule has 0 unspecified atom stereocenters. The molecule has 0 radical (unpaired) electrons. The smallest absolute Gasteiger partial charge is 0.345 e. The van der Waals surface area contributed by atoms with Gasteiger partial charge in [-0.25, -0.2) is 4.79 Å². The van der Waals surface area contributed by atoms with Gasteiger partial charge in [0.1, 0.15) is 12.6 Å². The molecular formula is C14H17ClF3N3O2S. The molecule has 0 saturated carbocycles. The molecule has 1 aromatic heterocycles. The van der Waals surface area contributed by atoms with Crippen molar-refractivity contribution in [3.8, 4) is 0 Å². The third-order valence-electron chi connectivity index (χ3n) is 3.64.